The average molecular weight is 536 g/mol. The minimum Gasteiger partial charge on any atom is -0.486 e. The lowest BCUT2D eigenvalue weighted by atomic mass is 10.0. The first kappa shape index (κ1) is 25.9. The van der Waals surface area contributed by atoms with Gasteiger partial charge in [0.15, 0.2) is 6.39 Å². The molecule has 0 aliphatic carbocycles. The van der Waals surface area contributed by atoms with Crippen LogP contribution in [0.4, 0.5) is 15.8 Å². The Morgan fingerprint density at radius 2 is 1.84 bits per heavy atom. The molecule has 38 heavy (non-hydrogen) atoms. The summed E-state index contributed by atoms with van der Waals surface area (Å²) in [5.74, 6) is 0.375. The molecule has 0 saturated carbocycles. The van der Waals surface area contributed by atoms with Gasteiger partial charge in [0.25, 0.3) is 0 Å². The zero-order chi connectivity index (χ0) is 26.9. The second-order valence-corrected chi connectivity index (χ2v) is 11.8. The Labute approximate surface area is 222 Å². The summed E-state index contributed by atoms with van der Waals surface area (Å²) in [5.41, 5.74) is 3.17. The third-order valence-corrected chi connectivity index (χ3v) is 8.68. The highest BCUT2D eigenvalue weighted by molar-refractivity contribution is 7.89. The quantitative estimate of drug-likeness (QED) is 0.279. The molecule has 2 heterocycles. The van der Waals surface area contributed by atoms with Crippen molar-refractivity contribution in [2.75, 3.05) is 18.5 Å². The fraction of sp³-hybridized carbons (Fsp3) is 0.276. The van der Waals surface area contributed by atoms with Crippen LogP contribution in [0.3, 0.4) is 0 Å². The molecule has 1 aromatic heterocycles. The van der Waals surface area contributed by atoms with Crippen LogP contribution < -0.4 is 9.64 Å². The second-order valence-electron chi connectivity index (χ2n) is 9.84. The number of aromatic nitrogens is 1. The van der Waals surface area contributed by atoms with Crippen molar-refractivity contribution in [3.8, 4) is 16.9 Å². The van der Waals surface area contributed by atoms with E-state index in [0.717, 1.165) is 5.69 Å². The molecule has 5 rings (SSSR count). The van der Waals surface area contributed by atoms with Crippen molar-refractivity contribution in [1.82, 2.24) is 9.29 Å². The van der Waals surface area contributed by atoms with Gasteiger partial charge in [0.05, 0.1) is 5.69 Å². The summed E-state index contributed by atoms with van der Waals surface area (Å²) in [5, 5.41) is 0. The summed E-state index contributed by atoms with van der Waals surface area (Å²) in [6.07, 6.45) is 3.52. The largest absolute Gasteiger partial charge is 0.486 e. The summed E-state index contributed by atoms with van der Waals surface area (Å²) in [7, 11) is -2.23. The number of hydrogen-bond donors (Lipinski definition) is 0. The number of nitrogens with zero attached hydrogens (tertiary/aromatic N) is 3. The number of fused-ring (bicyclic) bond motifs is 1. The number of anilines is 2. The maximum atomic E-state index is 14.1. The van der Waals surface area contributed by atoms with Crippen LogP contribution in [0.25, 0.3) is 11.1 Å². The standard InChI is InChI=1S/C29H30FN3O4S/c1-20(2)13-25-16-33(24-7-5-4-6-8-24)27-15-28(37-18-23-17-36-19-31-23)26(21-9-11-22(30)12-10-21)14-29(27)38(34,35)32(25)3/h4-12,14-15,17,19-20,25H,13,16,18H2,1-3H3/t25-/m1/s1. The highest BCUT2D eigenvalue weighted by Gasteiger charge is 2.38. The SMILES string of the molecule is CC(C)C[C@@H]1CN(c2ccccc2)c2cc(OCc3cocn3)c(-c3ccc(F)cc3)cc2S(=O)(=O)N1C. The van der Waals surface area contributed by atoms with Gasteiger partial charge >= 0.3 is 0 Å². The van der Waals surface area contributed by atoms with Crippen LogP contribution >= 0.6 is 0 Å². The smallest absolute Gasteiger partial charge is 0.245 e. The lowest BCUT2D eigenvalue weighted by molar-refractivity contribution is 0.302. The van der Waals surface area contributed by atoms with Crippen molar-refractivity contribution in [2.45, 2.75) is 37.8 Å². The van der Waals surface area contributed by atoms with Gasteiger partial charge in [-0.15, -0.1) is 0 Å². The number of hydrogen-bond acceptors (Lipinski definition) is 6. The van der Waals surface area contributed by atoms with Crippen LogP contribution in [0.2, 0.25) is 0 Å². The minimum absolute atomic E-state index is 0.122. The third kappa shape index (κ3) is 5.16. The molecule has 3 aromatic carbocycles. The molecule has 1 aliphatic heterocycles. The minimum atomic E-state index is -3.87. The Morgan fingerprint density at radius 1 is 1.11 bits per heavy atom. The van der Waals surface area contributed by atoms with E-state index in [1.165, 1.54) is 29.1 Å². The molecule has 1 atom stereocenters. The van der Waals surface area contributed by atoms with Crippen molar-refractivity contribution in [3.63, 3.8) is 0 Å². The van der Waals surface area contributed by atoms with E-state index in [9.17, 15) is 12.8 Å². The van der Waals surface area contributed by atoms with Crippen LogP contribution in [-0.2, 0) is 16.6 Å². The Morgan fingerprint density at radius 3 is 2.50 bits per heavy atom. The number of sulfonamides is 1. The van der Waals surface area contributed by atoms with Crippen molar-refractivity contribution < 1.29 is 22.0 Å². The van der Waals surface area contributed by atoms with E-state index >= 15 is 0 Å². The van der Waals surface area contributed by atoms with Crippen molar-refractivity contribution in [2.24, 2.45) is 5.92 Å². The fourth-order valence-electron chi connectivity index (χ4n) is 4.80. The maximum absolute atomic E-state index is 14.1. The molecule has 0 N–H and O–H groups in total. The summed E-state index contributed by atoms with van der Waals surface area (Å²) in [6.45, 7) is 4.78. The number of benzene rings is 3. The molecular weight excluding hydrogens is 505 g/mol. The molecule has 9 heteroatoms. The molecule has 0 fully saturated rings. The molecule has 0 radical (unpaired) electrons. The third-order valence-electron chi connectivity index (χ3n) is 6.74. The first-order valence-corrected chi connectivity index (χ1v) is 13.9. The van der Waals surface area contributed by atoms with Gasteiger partial charge in [0.2, 0.25) is 10.0 Å². The highest BCUT2D eigenvalue weighted by atomic mass is 32.2. The van der Waals surface area contributed by atoms with Gasteiger partial charge in [-0.2, -0.15) is 4.31 Å². The molecule has 1 aliphatic rings. The van der Waals surface area contributed by atoms with E-state index in [1.807, 2.05) is 35.2 Å². The normalized spacial score (nSPS) is 17.3. The van der Waals surface area contributed by atoms with Gasteiger partial charge in [-0.1, -0.05) is 44.2 Å². The van der Waals surface area contributed by atoms with Crippen LogP contribution in [0.5, 0.6) is 5.75 Å². The predicted octanol–water partition coefficient (Wildman–Crippen LogP) is 6.25. The summed E-state index contributed by atoms with van der Waals surface area (Å²) in [6, 6.07) is 18.8. The van der Waals surface area contributed by atoms with E-state index in [-0.39, 0.29) is 23.4 Å². The monoisotopic (exact) mass is 535 g/mol. The molecule has 4 aromatic rings. The number of halogens is 1. The molecule has 7 nitrogen and oxygen atoms in total. The van der Waals surface area contributed by atoms with E-state index < -0.39 is 10.0 Å². The van der Waals surface area contributed by atoms with Gasteiger partial charge < -0.3 is 14.1 Å². The zero-order valence-electron chi connectivity index (χ0n) is 21.5. The van der Waals surface area contributed by atoms with Crippen LogP contribution in [0.1, 0.15) is 26.0 Å². The van der Waals surface area contributed by atoms with E-state index in [4.69, 9.17) is 9.15 Å². The van der Waals surface area contributed by atoms with Gasteiger partial charge in [0, 0.05) is 37.0 Å². The molecule has 198 valence electrons. The van der Waals surface area contributed by atoms with Gasteiger partial charge in [-0.3, -0.25) is 0 Å². The number of oxazole rings is 1. The number of para-hydroxylation sites is 1. The van der Waals surface area contributed by atoms with Crippen LogP contribution in [-0.4, -0.2) is 37.3 Å². The summed E-state index contributed by atoms with van der Waals surface area (Å²) < 4.78 is 54.6. The first-order valence-electron chi connectivity index (χ1n) is 12.5. The highest BCUT2D eigenvalue weighted by Crippen LogP contribution is 2.44. The van der Waals surface area contributed by atoms with Crippen molar-refractivity contribution >= 4 is 21.4 Å². The lowest BCUT2D eigenvalue weighted by Crippen LogP contribution is -2.41. The molecule has 0 amide bonds. The van der Waals surface area contributed by atoms with E-state index in [0.29, 0.717) is 47.1 Å². The van der Waals surface area contributed by atoms with E-state index in [2.05, 4.69) is 18.8 Å². The Kier molecular flexibility index (Phi) is 7.23. The fourth-order valence-corrected chi connectivity index (χ4v) is 6.35. The molecule has 0 bridgehead atoms. The Bertz CT molecular complexity index is 1490. The molecular formula is C29H30FN3O4S. The van der Waals surface area contributed by atoms with Crippen LogP contribution in [0, 0.1) is 11.7 Å². The first-order chi connectivity index (χ1) is 18.2. The van der Waals surface area contributed by atoms with Crippen LogP contribution in [0.15, 0.2) is 88.7 Å². The lowest BCUT2D eigenvalue weighted by Gasteiger charge is -2.30. The summed E-state index contributed by atoms with van der Waals surface area (Å²) in [4.78, 5) is 6.34. The van der Waals surface area contributed by atoms with Gasteiger partial charge in [-0.25, -0.2) is 17.8 Å². The molecule has 0 unspecified atom stereocenters. The Hall–Kier alpha value is -3.69. The number of ether oxygens (including phenoxy) is 1. The van der Waals surface area contributed by atoms with Crippen molar-refractivity contribution in [3.05, 3.63) is 90.9 Å². The number of likely N-dealkylation sites (N-methyl/N-ethyl adjacent to an activating group) is 1. The average Bonchev–Trinajstić information content (AvgIpc) is 3.41. The van der Waals surface area contributed by atoms with E-state index in [1.54, 1.807) is 31.3 Å². The van der Waals surface area contributed by atoms with Crippen molar-refractivity contribution in [1.29, 1.82) is 0 Å². The Balaban J connectivity index is 1.72. The second kappa shape index (κ2) is 10.6. The summed E-state index contributed by atoms with van der Waals surface area (Å²) >= 11 is 0. The maximum Gasteiger partial charge on any atom is 0.245 e. The molecule has 0 spiro atoms. The number of rotatable bonds is 7. The van der Waals surface area contributed by atoms with Gasteiger partial charge in [0.1, 0.15) is 35.0 Å². The zero-order valence-corrected chi connectivity index (χ0v) is 22.4. The predicted molar refractivity (Wildman–Crippen MR) is 144 cm³/mol. The molecule has 0 saturated heterocycles. The van der Waals surface area contributed by atoms with Gasteiger partial charge in [-0.05, 0) is 48.2 Å². The topological polar surface area (TPSA) is 75.9 Å².